The molecule has 1 aromatic rings. The zero-order valence-corrected chi connectivity index (χ0v) is 12.5. The number of benzene rings is 1. The first-order valence-corrected chi connectivity index (χ1v) is 8.14. The fourth-order valence-corrected chi connectivity index (χ4v) is 2.25. The van der Waals surface area contributed by atoms with E-state index < -0.39 is 27.6 Å². The van der Waals surface area contributed by atoms with Crippen molar-refractivity contribution in [3.63, 3.8) is 0 Å². The second-order valence-electron chi connectivity index (χ2n) is 4.76. The number of halogens is 1. The lowest BCUT2D eigenvalue weighted by molar-refractivity contribution is -0.117. The molecule has 1 atom stereocenters. The standard InChI is InChI=1S/C13H16FN3O3S/c1-8-10(14)5-9(7-15)6-12(8)17-13(18)11(16)3-4-21(2,19)20/h5-6,11H,3-4,16H2,1-2H3,(H,17,18). The third kappa shape index (κ3) is 5.13. The molecule has 1 rings (SSSR count). The van der Waals surface area contributed by atoms with Gasteiger partial charge in [-0.3, -0.25) is 4.79 Å². The normalized spacial score (nSPS) is 12.5. The van der Waals surface area contributed by atoms with E-state index in [2.05, 4.69) is 5.32 Å². The van der Waals surface area contributed by atoms with Gasteiger partial charge in [0.1, 0.15) is 15.7 Å². The number of carbonyl (C=O) groups excluding carboxylic acids is 1. The Morgan fingerprint density at radius 3 is 2.67 bits per heavy atom. The number of nitrogens with one attached hydrogen (secondary N) is 1. The van der Waals surface area contributed by atoms with Crippen molar-refractivity contribution in [1.29, 1.82) is 5.26 Å². The minimum absolute atomic E-state index is 0.0376. The lowest BCUT2D eigenvalue weighted by atomic mass is 10.1. The van der Waals surface area contributed by atoms with Crippen molar-refractivity contribution in [3.8, 4) is 6.07 Å². The van der Waals surface area contributed by atoms with Crippen LogP contribution in [-0.2, 0) is 14.6 Å². The van der Waals surface area contributed by atoms with E-state index in [1.807, 2.05) is 0 Å². The number of amides is 1. The van der Waals surface area contributed by atoms with Crippen molar-refractivity contribution in [2.75, 3.05) is 17.3 Å². The molecule has 1 unspecified atom stereocenters. The van der Waals surface area contributed by atoms with Crippen molar-refractivity contribution < 1.29 is 17.6 Å². The molecular formula is C13H16FN3O3S. The largest absolute Gasteiger partial charge is 0.324 e. The summed E-state index contributed by atoms with van der Waals surface area (Å²) in [6.07, 6.45) is 1.01. The number of hydrogen-bond acceptors (Lipinski definition) is 5. The van der Waals surface area contributed by atoms with E-state index in [4.69, 9.17) is 11.0 Å². The van der Waals surface area contributed by atoms with Crippen molar-refractivity contribution in [1.82, 2.24) is 0 Å². The Labute approximate surface area is 122 Å². The van der Waals surface area contributed by atoms with Gasteiger partial charge in [0.05, 0.1) is 23.4 Å². The quantitative estimate of drug-likeness (QED) is 0.831. The summed E-state index contributed by atoms with van der Waals surface area (Å²) in [5, 5.41) is 11.2. The van der Waals surface area contributed by atoms with E-state index in [1.54, 1.807) is 6.07 Å². The Balaban J connectivity index is 2.84. The van der Waals surface area contributed by atoms with E-state index in [-0.39, 0.29) is 29.0 Å². The summed E-state index contributed by atoms with van der Waals surface area (Å²) < 4.78 is 35.6. The Morgan fingerprint density at radius 2 is 2.14 bits per heavy atom. The number of sulfone groups is 1. The fourth-order valence-electron chi connectivity index (χ4n) is 1.57. The maximum Gasteiger partial charge on any atom is 0.241 e. The molecule has 0 saturated heterocycles. The molecule has 3 N–H and O–H groups in total. The molecule has 0 aliphatic rings. The number of hydrogen-bond donors (Lipinski definition) is 2. The highest BCUT2D eigenvalue weighted by Crippen LogP contribution is 2.20. The Hall–Kier alpha value is -1.98. The molecule has 0 aliphatic carbocycles. The lowest BCUT2D eigenvalue weighted by Gasteiger charge is -2.14. The topological polar surface area (TPSA) is 113 Å². The van der Waals surface area contributed by atoms with E-state index in [1.165, 1.54) is 13.0 Å². The number of nitriles is 1. The number of rotatable bonds is 5. The highest BCUT2D eigenvalue weighted by molar-refractivity contribution is 7.90. The summed E-state index contributed by atoms with van der Waals surface area (Å²) in [7, 11) is -3.21. The Bertz CT molecular complexity index is 695. The van der Waals surface area contributed by atoms with Crippen molar-refractivity contribution in [3.05, 3.63) is 29.1 Å². The maximum absolute atomic E-state index is 13.6. The molecule has 21 heavy (non-hydrogen) atoms. The summed E-state index contributed by atoms with van der Waals surface area (Å²) in [4.78, 5) is 11.9. The summed E-state index contributed by atoms with van der Waals surface area (Å²) in [6, 6.07) is 3.14. The second kappa shape index (κ2) is 6.65. The van der Waals surface area contributed by atoms with Crippen LogP contribution < -0.4 is 11.1 Å². The van der Waals surface area contributed by atoms with Gasteiger partial charge in [-0.15, -0.1) is 0 Å². The van der Waals surface area contributed by atoms with Crippen LogP contribution in [0.25, 0.3) is 0 Å². The summed E-state index contributed by atoms with van der Waals surface area (Å²) in [5.74, 6) is -1.46. The molecule has 0 heterocycles. The molecule has 0 bridgehead atoms. The van der Waals surface area contributed by atoms with Crippen LogP contribution in [0.2, 0.25) is 0 Å². The van der Waals surface area contributed by atoms with Gasteiger partial charge in [-0.1, -0.05) is 0 Å². The number of anilines is 1. The zero-order valence-electron chi connectivity index (χ0n) is 11.7. The third-order valence-corrected chi connectivity index (χ3v) is 3.84. The number of nitrogens with zero attached hydrogens (tertiary/aromatic N) is 1. The van der Waals surface area contributed by atoms with E-state index in [9.17, 15) is 17.6 Å². The molecule has 0 spiro atoms. The molecule has 6 nitrogen and oxygen atoms in total. The van der Waals surface area contributed by atoms with Gasteiger partial charge in [-0.05, 0) is 25.5 Å². The van der Waals surface area contributed by atoms with Crippen LogP contribution in [0.4, 0.5) is 10.1 Å². The second-order valence-corrected chi connectivity index (χ2v) is 7.02. The summed E-state index contributed by atoms with van der Waals surface area (Å²) in [5.41, 5.74) is 5.99. The molecule has 0 aromatic heterocycles. The van der Waals surface area contributed by atoms with Gasteiger partial charge in [0, 0.05) is 17.5 Å². The fraction of sp³-hybridized carbons (Fsp3) is 0.385. The van der Waals surface area contributed by atoms with Gasteiger partial charge in [0.2, 0.25) is 5.91 Å². The minimum Gasteiger partial charge on any atom is -0.324 e. The Kier molecular flexibility index (Phi) is 5.41. The number of carbonyl (C=O) groups is 1. The third-order valence-electron chi connectivity index (χ3n) is 2.87. The zero-order chi connectivity index (χ0) is 16.2. The van der Waals surface area contributed by atoms with Crippen LogP contribution >= 0.6 is 0 Å². The van der Waals surface area contributed by atoms with Crippen molar-refractivity contribution >= 4 is 21.4 Å². The van der Waals surface area contributed by atoms with Crippen LogP contribution in [-0.4, -0.2) is 32.4 Å². The van der Waals surface area contributed by atoms with Gasteiger partial charge >= 0.3 is 0 Å². The molecule has 114 valence electrons. The van der Waals surface area contributed by atoms with Crippen molar-refractivity contribution in [2.24, 2.45) is 5.73 Å². The number of nitrogens with two attached hydrogens (primary N) is 1. The lowest BCUT2D eigenvalue weighted by Crippen LogP contribution is -2.37. The first kappa shape index (κ1) is 17.1. The predicted octanol–water partition coefficient (Wildman–Crippen LogP) is 0.706. The average molecular weight is 313 g/mol. The summed E-state index contributed by atoms with van der Waals surface area (Å²) in [6.45, 7) is 1.45. The highest BCUT2D eigenvalue weighted by atomic mass is 32.2. The van der Waals surface area contributed by atoms with Gasteiger partial charge in [0.15, 0.2) is 0 Å². The van der Waals surface area contributed by atoms with Crippen LogP contribution in [0.3, 0.4) is 0 Å². The summed E-state index contributed by atoms with van der Waals surface area (Å²) >= 11 is 0. The smallest absolute Gasteiger partial charge is 0.241 e. The van der Waals surface area contributed by atoms with E-state index in [0.29, 0.717) is 0 Å². The predicted molar refractivity (Wildman–Crippen MR) is 76.8 cm³/mol. The maximum atomic E-state index is 13.6. The van der Waals surface area contributed by atoms with Gasteiger partial charge < -0.3 is 11.1 Å². The SMILES string of the molecule is Cc1c(F)cc(C#N)cc1NC(=O)C(N)CCS(C)(=O)=O. The van der Waals surface area contributed by atoms with Gasteiger partial charge in [-0.25, -0.2) is 12.8 Å². The molecule has 1 amide bonds. The molecule has 0 saturated carbocycles. The van der Waals surface area contributed by atoms with Crippen LogP contribution in [0, 0.1) is 24.1 Å². The molecule has 0 aliphatic heterocycles. The molecule has 0 radical (unpaired) electrons. The van der Waals surface area contributed by atoms with Crippen molar-refractivity contribution in [2.45, 2.75) is 19.4 Å². The van der Waals surface area contributed by atoms with E-state index in [0.717, 1.165) is 12.3 Å². The Morgan fingerprint density at radius 1 is 1.52 bits per heavy atom. The minimum atomic E-state index is -3.21. The molecule has 0 fully saturated rings. The average Bonchev–Trinajstić information content (AvgIpc) is 2.39. The van der Waals surface area contributed by atoms with Crippen LogP contribution in [0.1, 0.15) is 17.5 Å². The highest BCUT2D eigenvalue weighted by Gasteiger charge is 2.18. The van der Waals surface area contributed by atoms with E-state index >= 15 is 0 Å². The first-order chi connectivity index (χ1) is 9.64. The first-order valence-electron chi connectivity index (χ1n) is 6.08. The van der Waals surface area contributed by atoms with Crippen LogP contribution in [0.5, 0.6) is 0 Å². The monoisotopic (exact) mass is 313 g/mol. The molecular weight excluding hydrogens is 297 g/mol. The van der Waals surface area contributed by atoms with Crippen LogP contribution in [0.15, 0.2) is 12.1 Å². The molecule has 8 heteroatoms. The van der Waals surface area contributed by atoms with Gasteiger partial charge in [-0.2, -0.15) is 5.26 Å². The molecule has 1 aromatic carbocycles. The van der Waals surface area contributed by atoms with Gasteiger partial charge in [0.25, 0.3) is 0 Å².